The predicted molar refractivity (Wildman–Crippen MR) is 165 cm³/mol. The first-order chi connectivity index (χ1) is 20.6. The number of hydrogen-bond donors (Lipinski definition) is 2. The van der Waals surface area contributed by atoms with Gasteiger partial charge in [-0.3, -0.25) is 0 Å². The molecular weight excluding hydrogens is 551 g/mol. The second-order valence-electron chi connectivity index (χ2n) is 11.6. The van der Waals surface area contributed by atoms with Crippen LogP contribution in [0.4, 0.5) is 4.39 Å². The first kappa shape index (κ1) is 34.0. The molecule has 43 heavy (non-hydrogen) atoms. The Morgan fingerprint density at radius 1 is 0.930 bits per heavy atom. The number of carbonyl (C=O) groups excluding carboxylic acids is 2. The average Bonchev–Trinajstić information content (AvgIpc) is 2.98. The summed E-state index contributed by atoms with van der Waals surface area (Å²) in [6.07, 6.45) is 9.41. The molecule has 0 radical (unpaired) electrons. The van der Waals surface area contributed by atoms with Gasteiger partial charge in [0.05, 0.1) is 19.8 Å². The average molecular weight is 597 g/mol. The zero-order valence-electron chi connectivity index (χ0n) is 25.6. The summed E-state index contributed by atoms with van der Waals surface area (Å²) in [6, 6.07) is 8.04. The quantitative estimate of drug-likeness (QED) is 0.0963. The molecule has 0 saturated heterocycles. The number of aliphatic hydroxyl groups is 2. The number of halogens is 1. The van der Waals surface area contributed by atoms with Crippen molar-refractivity contribution >= 4 is 11.9 Å². The molecule has 8 heteroatoms. The summed E-state index contributed by atoms with van der Waals surface area (Å²) in [5.41, 5.74) is 1.69. The number of aliphatic hydroxyl groups excluding tert-OH is 2. The molecule has 0 bridgehead atoms. The Morgan fingerprint density at radius 2 is 1.51 bits per heavy atom. The summed E-state index contributed by atoms with van der Waals surface area (Å²) in [5.74, 6) is -1.96. The van der Waals surface area contributed by atoms with Gasteiger partial charge in [0.15, 0.2) is 11.5 Å². The number of esters is 2. The molecule has 0 spiro atoms. The normalized spacial score (nSPS) is 16.5. The minimum absolute atomic E-state index is 0.107. The minimum Gasteiger partial charge on any atom is -0.486 e. The lowest BCUT2D eigenvalue weighted by Gasteiger charge is -2.29. The third kappa shape index (κ3) is 9.50. The molecule has 2 aromatic rings. The Bertz CT molecular complexity index is 1240. The Hall–Kier alpha value is -3.49. The SMILES string of the molecule is C=C(C)C(=O)Oc1cc(-c2ccc(C3CCC(CCCCC)CC3)cc2F)cc(OC(=O)C(=C)C)c1OCC(CO)CO. The van der Waals surface area contributed by atoms with Crippen LogP contribution in [0.5, 0.6) is 17.2 Å². The maximum absolute atomic E-state index is 15.7. The second kappa shape index (κ2) is 16.4. The highest BCUT2D eigenvalue weighted by atomic mass is 19.1. The van der Waals surface area contributed by atoms with Crippen molar-refractivity contribution in [3.05, 3.63) is 66.0 Å². The van der Waals surface area contributed by atoms with E-state index in [9.17, 15) is 19.8 Å². The van der Waals surface area contributed by atoms with Gasteiger partial charge in [0, 0.05) is 22.6 Å². The molecule has 2 N–H and O–H groups in total. The highest BCUT2D eigenvalue weighted by molar-refractivity contribution is 5.91. The zero-order valence-corrected chi connectivity index (χ0v) is 25.6. The van der Waals surface area contributed by atoms with E-state index in [0.29, 0.717) is 11.5 Å². The van der Waals surface area contributed by atoms with Crippen LogP contribution in [0.25, 0.3) is 11.1 Å². The van der Waals surface area contributed by atoms with Crippen molar-refractivity contribution < 1.29 is 38.4 Å². The molecule has 234 valence electrons. The van der Waals surface area contributed by atoms with Crippen molar-refractivity contribution in [2.75, 3.05) is 19.8 Å². The molecule has 0 heterocycles. The van der Waals surface area contributed by atoms with E-state index in [0.717, 1.165) is 37.2 Å². The largest absolute Gasteiger partial charge is 0.486 e. The maximum Gasteiger partial charge on any atom is 0.338 e. The lowest BCUT2D eigenvalue weighted by atomic mass is 9.77. The molecule has 1 aliphatic rings. The fourth-order valence-electron chi connectivity index (χ4n) is 5.25. The van der Waals surface area contributed by atoms with Crippen molar-refractivity contribution in [1.29, 1.82) is 0 Å². The topological polar surface area (TPSA) is 102 Å². The highest BCUT2D eigenvalue weighted by Gasteiger charge is 2.25. The predicted octanol–water partition coefficient (Wildman–Crippen LogP) is 7.29. The van der Waals surface area contributed by atoms with Gasteiger partial charge in [-0.15, -0.1) is 0 Å². The van der Waals surface area contributed by atoms with Gasteiger partial charge in [-0.2, -0.15) is 0 Å². The van der Waals surface area contributed by atoms with Crippen molar-refractivity contribution in [2.24, 2.45) is 11.8 Å². The minimum atomic E-state index is -0.763. The van der Waals surface area contributed by atoms with Crippen molar-refractivity contribution in [2.45, 2.75) is 78.1 Å². The van der Waals surface area contributed by atoms with E-state index in [1.807, 2.05) is 6.07 Å². The van der Waals surface area contributed by atoms with E-state index in [1.54, 1.807) is 12.1 Å². The van der Waals surface area contributed by atoms with Crippen LogP contribution in [-0.4, -0.2) is 42.0 Å². The molecule has 1 fully saturated rings. The van der Waals surface area contributed by atoms with Crippen LogP contribution >= 0.6 is 0 Å². The number of hydrogen-bond acceptors (Lipinski definition) is 7. The molecule has 0 atom stereocenters. The summed E-state index contributed by atoms with van der Waals surface area (Å²) in [4.78, 5) is 25.1. The molecular formula is C35H45FO7. The lowest BCUT2D eigenvalue weighted by molar-refractivity contribution is -0.130. The van der Waals surface area contributed by atoms with Gasteiger partial charge in [0.1, 0.15) is 5.82 Å². The van der Waals surface area contributed by atoms with E-state index in [-0.39, 0.29) is 53.8 Å². The zero-order chi connectivity index (χ0) is 31.5. The smallest absolute Gasteiger partial charge is 0.338 e. The number of carbonyl (C=O) groups is 2. The highest BCUT2D eigenvalue weighted by Crippen LogP contribution is 2.44. The fourth-order valence-corrected chi connectivity index (χ4v) is 5.25. The fraction of sp³-hybridized carbons (Fsp3) is 0.486. The van der Waals surface area contributed by atoms with Crippen LogP contribution < -0.4 is 14.2 Å². The van der Waals surface area contributed by atoms with Crippen LogP contribution in [0, 0.1) is 17.7 Å². The lowest BCUT2D eigenvalue weighted by Crippen LogP contribution is -2.21. The maximum atomic E-state index is 15.7. The molecule has 1 saturated carbocycles. The molecule has 0 aromatic heterocycles. The van der Waals surface area contributed by atoms with Crippen molar-refractivity contribution in [3.8, 4) is 28.4 Å². The van der Waals surface area contributed by atoms with Crippen LogP contribution in [0.1, 0.15) is 83.6 Å². The summed E-state index contributed by atoms with van der Waals surface area (Å²) in [7, 11) is 0. The van der Waals surface area contributed by atoms with Gasteiger partial charge in [-0.25, -0.2) is 14.0 Å². The van der Waals surface area contributed by atoms with Gasteiger partial charge in [-0.05, 0) is 80.7 Å². The van der Waals surface area contributed by atoms with Gasteiger partial charge in [0.2, 0.25) is 5.75 Å². The monoisotopic (exact) mass is 596 g/mol. The molecule has 0 unspecified atom stereocenters. The number of unbranched alkanes of at least 4 members (excludes halogenated alkanes) is 2. The van der Waals surface area contributed by atoms with Gasteiger partial charge in [-0.1, -0.05) is 57.9 Å². The first-order valence-electron chi connectivity index (χ1n) is 15.2. The third-order valence-corrected chi connectivity index (χ3v) is 7.94. The Labute approximate surface area is 254 Å². The van der Waals surface area contributed by atoms with Gasteiger partial charge in [0.25, 0.3) is 0 Å². The summed E-state index contributed by atoms with van der Waals surface area (Å²) >= 11 is 0. The number of benzene rings is 2. The molecule has 3 rings (SSSR count). The molecule has 7 nitrogen and oxygen atoms in total. The van der Waals surface area contributed by atoms with E-state index >= 15 is 4.39 Å². The van der Waals surface area contributed by atoms with Gasteiger partial charge < -0.3 is 24.4 Å². The van der Waals surface area contributed by atoms with E-state index < -0.39 is 23.7 Å². The standard InChI is InChI=1S/C35H45FO7/c1-6-7-8-9-24-10-12-26(13-11-24)27-14-15-29(30(36)16-27)28-17-31(42-34(39)22(2)3)33(41-21-25(19-37)20-38)32(18-28)43-35(40)23(4)5/h14-18,24-26,37-38H,2,4,6-13,19-21H2,1,3,5H3. The Balaban J connectivity index is 1.97. The van der Waals surface area contributed by atoms with E-state index in [4.69, 9.17) is 14.2 Å². The van der Waals surface area contributed by atoms with E-state index in [2.05, 4.69) is 20.1 Å². The van der Waals surface area contributed by atoms with Crippen LogP contribution in [0.2, 0.25) is 0 Å². The Morgan fingerprint density at radius 3 is 2.00 bits per heavy atom. The van der Waals surface area contributed by atoms with Crippen LogP contribution in [0.15, 0.2) is 54.6 Å². The molecule has 0 amide bonds. The number of ether oxygens (including phenoxy) is 3. The van der Waals surface area contributed by atoms with Gasteiger partial charge >= 0.3 is 11.9 Å². The second-order valence-corrected chi connectivity index (χ2v) is 11.6. The van der Waals surface area contributed by atoms with Crippen molar-refractivity contribution in [1.82, 2.24) is 0 Å². The Kier molecular flexibility index (Phi) is 13.0. The summed E-state index contributed by atoms with van der Waals surface area (Å²) < 4.78 is 32.6. The summed E-state index contributed by atoms with van der Waals surface area (Å²) in [6.45, 7) is 11.5. The van der Waals surface area contributed by atoms with Crippen LogP contribution in [0.3, 0.4) is 0 Å². The van der Waals surface area contributed by atoms with Crippen LogP contribution in [-0.2, 0) is 9.59 Å². The third-order valence-electron chi connectivity index (χ3n) is 7.94. The molecule has 1 aliphatic carbocycles. The molecule has 0 aliphatic heterocycles. The first-order valence-corrected chi connectivity index (χ1v) is 15.2. The number of rotatable bonds is 15. The van der Waals surface area contributed by atoms with Crippen molar-refractivity contribution in [3.63, 3.8) is 0 Å². The summed E-state index contributed by atoms with van der Waals surface area (Å²) in [5, 5.41) is 19.0. The van der Waals surface area contributed by atoms with E-state index in [1.165, 1.54) is 51.7 Å². The molecule has 2 aromatic carbocycles.